The number of rotatable bonds is 4. The number of aromatic nitrogens is 2. The van der Waals surface area contributed by atoms with Gasteiger partial charge in [-0.1, -0.05) is 6.92 Å². The molecule has 0 saturated carbocycles. The van der Waals surface area contributed by atoms with Crippen LogP contribution in [0.4, 0.5) is 5.82 Å². The molecule has 1 aliphatic heterocycles. The van der Waals surface area contributed by atoms with Crippen LogP contribution in [0.5, 0.6) is 0 Å². The van der Waals surface area contributed by atoms with Gasteiger partial charge in [0.1, 0.15) is 0 Å². The maximum Gasteiger partial charge on any atom is 0.290 e. The van der Waals surface area contributed by atoms with E-state index in [1.807, 2.05) is 0 Å². The van der Waals surface area contributed by atoms with E-state index < -0.39 is 0 Å². The van der Waals surface area contributed by atoms with Crippen LogP contribution in [0.3, 0.4) is 0 Å². The van der Waals surface area contributed by atoms with Gasteiger partial charge in [0.05, 0.1) is 0 Å². The SMILES string of the molecule is CC(CN)CN1CCCN(c2ncc[nH]c2=O)CC1. The monoisotopic (exact) mass is 265 g/mol. The summed E-state index contributed by atoms with van der Waals surface area (Å²) in [6.07, 6.45) is 4.25. The number of anilines is 1. The van der Waals surface area contributed by atoms with Crippen LogP contribution in [0, 0.1) is 5.92 Å². The van der Waals surface area contributed by atoms with E-state index in [1.54, 1.807) is 12.4 Å². The highest BCUT2D eigenvalue weighted by Crippen LogP contribution is 2.10. The topological polar surface area (TPSA) is 78.2 Å². The number of hydrogen-bond donors (Lipinski definition) is 2. The molecule has 0 bridgehead atoms. The summed E-state index contributed by atoms with van der Waals surface area (Å²) in [6, 6.07) is 0. The summed E-state index contributed by atoms with van der Waals surface area (Å²) in [7, 11) is 0. The normalized spacial score (nSPS) is 19.2. The Balaban J connectivity index is 1.97. The van der Waals surface area contributed by atoms with Gasteiger partial charge in [-0.2, -0.15) is 0 Å². The zero-order valence-corrected chi connectivity index (χ0v) is 11.5. The number of aromatic amines is 1. The van der Waals surface area contributed by atoms with Gasteiger partial charge < -0.3 is 20.5 Å². The fourth-order valence-corrected chi connectivity index (χ4v) is 2.45. The molecular weight excluding hydrogens is 242 g/mol. The van der Waals surface area contributed by atoms with E-state index >= 15 is 0 Å². The number of H-pyrrole nitrogens is 1. The summed E-state index contributed by atoms with van der Waals surface area (Å²) < 4.78 is 0. The third-order valence-corrected chi connectivity index (χ3v) is 3.55. The van der Waals surface area contributed by atoms with E-state index in [0.717, 1.165) is 45.7 Å². The summed E-state index contributed by atoms with van der Waals surface area (Å²) in [5.74, 6) is 1.06. The Morgan fingerprint density at radius 1 is 1.42 bits per heavy atom. The van der Waals surface area contributed by atoms with Crippen molar-refractivity contribution in [2.24, 2.45) is 11.7 Å². The molecule has 1 fully saturated rings. The standard InChI is InChI=1S/C13H23N5O/c1-11(9-14)10-17-5-2-6-18(8-7-17)12-13(19)16-4-3-15-12/h3-4,11H,2,5-10,14H2,1H3,(H,16,19). The second-order valence-electron chi connectivity index (χ2n) is 5.22. The van der Waals surface area contributed by atoms with Crippen molar-refractivity contribution in [3.63, 3.8) is 0 Å². The summed E-state index contributed by atoms with van der Waals surface area (Å²) >= 11 is 0. The first-order valence-corrected chi connectivity index (χ1v) is 6.91. The molecule has 1 atom stereocenters. The van der Waals surface area contributed by atoms with Gasteiger partial charge >= 0.3 is 0 Å². The van der Waals surface area contributed by atoms with Gasteiger partial charge in [-0.25, -0.2) is 4.98 Å². The minimum absolute atomic E-state index is 0.105. The molecule has 3 N–H and O–H groups in total. The molecule has 2 heterocycles. The molecule has 1 aromatic rings. The average molecular weight is 265 g/mol. The van der Waals surface area contributed by atoms with E-state index in [4.69, 9.17) is 5.73 Å². The van der Waals surface area contributed by atoms with Crippen molar-refractivity contribution in [3.8, 4) is 0 Å². The molecule has 0 aliphatic carbocycles. The van der Waals surface area contributed by atoms with Crippen molar-refractivity contribution >= 4 is 5.82 Å². The van der Waals surface area contributed by atoms with E-state index in [0.29, 0.717) is 11.7 Å². The molecule has 2 rings (SSSR count). The van der Waals surface area contributed by atoms with Crippen molar-refractivity contribution in [3.05, 3.63) is 22.7 Å². The predicted octanol–water partition coefficient (Wildman–Crippen LogP) is -0.123. The lowest BCUT2D eigenvalue weighted by atomic mass is 10.1. The molecule has 1 saturated heterocycles. The Hall–Kier alpha value is -1.40. The van der Waals surface area contributed by atoms with Crippen LogP contribution < -0.4 is 16.2 Å². The Kier molecular flexibility index (Phi) is 4.93. The summed E-state index contributed by atoms with van der Waals surface area (Å²) in [5.41, 5.74) is 5.57. The van der Waals surface area contributed by atoms with Gasteiger partial charge in [0.25, 0.3) is 5.56 Å². The van der Waals surface area contributed by atoms with E-state index in [9.17, 15) is 4.79 Å². The Labute approximate surface area is 113 Å². The first-order chi connectivity index (χ1) is 9.20. The van der Waals surface area contributed by atoms with Crippen LogP contribution >= 0.6 is 0 Å². The lowest BCUT2D eigenvalue weighted by Crippen LogP contribution is -2.36. The van der Waals surface area contributed by atoms with Crippen LogP contribution in [0.2, 0.25) is 0 Å². The zero-order valence-electron chi connectivity index (χ0n) is 11.5. The highest BCUT2D eigenvalue weighted by atomic mass is 16.1. The highest BCUT2D eigenvalue weighted by molar-refractivity contribution is 5.35. The zero-order chi connectivity index (χ0) is 13.7. The maximum atomic E-state index is 11.7. The lowest BCUT2D eigenvalue weighted by Gasteiger charge is -2.24. The molecule has 0 spiro atoms. The van der Waals surface area contributed by atoms with Crippen molar-refractivity contribution in [2.75, 3.05) is 44.2 Å². The fraction of sp³-hybridized carbons (Fsp3) is 0.692. The van der Waals surface area contributed by atoms with Gasteiger partial charge in [0, 0.05) is 38.6 Å². The first-order valence-electron chi connectivity index (χ1n) is 6.91. The van der Waals surface area contributed by atoms with Crippen LogP contribution in [0.1, 0.15) is 13.3 Å². The van der Waals surface area contributed by atoms with Gasteiger partial charge in [0.15, 0.2) is 5.82 Å². The number of hydrogen-bond acceptors (Lipinski definition) is 5. The molecule has 1 aromatic heterocycles. The fourth-order valence-electron chi connectivity index (χ4n) is 2.45. The summed E-state index contributed by atoms with van der Waals surface area (Å²) in [6.45, 7) is 7.67. The largest absolute Gasteiger partial charge is 0.351 e. The van der Waals surface area contributed by atoms with Gasteiger partial charge in [-0.15, -0.1) is 0 Å². The third kappa shape index (κ3) is 3.78. The Bertz CT molecular complexity index is 447. The van der Waals surface area contributed by atoms with Crippen LogP contribution in [0.25, 0.3) is 0 Å². The minimum Gasteiger partial charge on any atom is -0.351 e. The molecule has 0 amide bonds. The summed E-state index contributed by atoms with van der Waals surface area (Å²) in [5, 5.41) is 0. The predicted molar refractivity (Wildman–Crippen MR) is 76.3 cm³/mol. The van der Waals surface area contributed by atoms with E-state index in [2.05, 4.69) is 26.7 Å². The quantitative estimate of drug-likeness (QED) is 0.793. The second-order valence-corrected chi connectivity index (χ2v) is 5.22. The molecule has 106 valence electrons. The van der Waals surface area contributed by atoms with Crippen molar-refractivity contribution < 1.29 is 0 Å². The van der Waals surface area contributed by atoms with Crippen LogP contribution in [-0.2, 0) is 0 Å². The maximum absolute atomic E-state index is 11.7. The molecule has 0 aromatic carbocycles. The third-order valence-electron chi connectivity index (χ3n) is 3.55. The van der Waals surface area contributed by atoms with Crippen LogP contribution in [0.15, 0.2) is 17.2 Å². The molecule has 19 heavy (non-hydrogen) atoms. The number of nitrogens with zero attached hydrogens (tertiary/aromatic N) is 3. The second kappa shape index (κ2) is 6.68. The molecule has 1 unspecified atom stereocenters. The van der Waals surface area contributed by atoms with E-state index in [1.165, 1.54) is 0 Å². The molecular formula is C13H23N5O. The first kappa shape index (κ1) is 14.0. The molecule has 1 aliphatic rings. The summed E-state index contributed by atoms with van der Waals surface area (Å²) in [4.78, 5) is 23.1. The number of nitrogens with two attached hydrogens (primary N) is 1. The molecule has 6 nitrogen and oxygen atoms in total. The molecule has 6 heteroatoms. The van der Waals surface area contributed by atoms with Crippen molar-refractivity contribution in [1.29, 1.82) is 0 Å². The van der Waals surface area contributed by atoms with Crippen molar-refractivity contribution in [2.45, 2.75) is 13.3 Å². The highest BCUT2D eigenvalue weighted by Gasteiger charge is 2.18. The van der Waals surface area contributed by atoms with Gasteiger partial charge in [0.2, 0.25) is 0 Å². The Morgan fingerprint density at radius 3 is 3.00 bits per heavy atom. The van der Waals surface area contributed by atoms with Crippen molar-refractivity contribution in [1.82, 2.24) is 14.9 Å². The number of nitrogens with one attached hydrogen (secondary N) is 1. The van der Waals surface area contributed by atoms with Gasteiger partial charge in [-0.05, 0) is 25.4 Å². The molecule has 0 radical (unpaired) electrons. The smallest absolute Gasteiger partial charge is 0.290 e. The lowest BCUT2D eigenvalue weighted by molar-refractivity contribution is 0.255. The minimum atomic E-state index is -0.105. The Morgan fingerprint density at radius 2 is 2.26 bits per heavy atom. The van der Waals surface area contributed by atoms with E-state index in [-0.39, 0.29) is 5.56 Å². The van der Waals surface area contributed by atoms with Crippen LogP contribution in [-0.4, -0.2) is 54.1 Å². The van der Waals surface area contributed by atoms with Gasteiger partial charge in [-0.3, -0.25) is 4.79 Å². The average Bonchev–Trinajstić information content (AvgIpc) is 2.65.